The highest BCUT2D eigenvalue weighted by atomic mass is 16.7. The molecule has 8 heteroatoms. The Bertz CT molecular complexity index is 809. The first-order valence-corrected chi connectivity index (χ1v) is 19.0. The number of rotatable bonds is 21. The van der Waals surface area contributed by atoms with Gasteiger partial charge in [0.2, 0.25) is 0 Å². The molecule has 0 aromatic carbocycles. The van der Waals surface area contributed by atoms with Crippen LogP contribution in [0.1, 0.15) is 172 Å². The summed E-state index contributed by atoms with van der Waals surface area (Å²) in [5.41, 5.74) is -0.940. The van der Waals surface area contributed by atoms with Crippen LogP contribution >= 0.6 is 0 Å². The molecule has 0 N–H and O–H groups in total. The molecule has 2 aliphatic heterocycles. The number of esters is 2. The standard InChI is InChI=1S/C38H72N2O6/c1-11-13-15-17-19-21-25-43-39-31(5)29(3)27-33(37(39,7)8)45-35(41)23-24-36(42)46-34-28-30(4)32(6)40(38(34,9)10)44-26-22-20-18-16-14-12-2/h29-34H,11-28H2,1-10H3. The number of hydroxylamine groups is 4. The van der Waals surface area contributed by atoms with Gasteiger partial charge in [0, 0.05) is 12.1 Å². The van der Waals surface area contributed by atoms with E-state index in [-0.39, 0.29) is 49.1 Å². The Morgan fingerprint density at radius 3 is 1.24 bits per heavy atom. The number of unbranched alkanes of at least 4 members (excludes halogenated alkanes) is 10. The molecular weight excluding hydrogens is 580 g/mol. The Kier molecular flexibility index (Phi) is 18.1. The number of hydrogen-bond acceptors (Lipinski definition) is 8. The second kappa shape index (κ2) is 20.3. The van der Waals surface area contributed by atoms with E-state index in [1.165, 1.54) is 64.2 Å². The van der Waals surface area contributed by atoms with Crippen LogP contribution in [-0.2, 0) is 28.7 Å². The molecule has 2 heterocycles. The highest BCUT2D eigenvalue weighted by molar-refractivity contribution is 5.78. The van der Waals surface area contributed by atoms with Gasteiger partial charge < -0.3 is 9.47 Å². The van der Waals surface area contributed by atoms with Crippen molar-refractivity contribution in [2.75, 3.05) is 13.2 Å². The van der Waals surface area contributed by atoms with Gasteiger partial charge in [-0.05, 0) is 79.1 Å². The van der Waals surface area contributed by atoms with Gasteiger partial charge in [0.25, 0.3) is 0 Å². The fourth-order valence-corrected chi connectivity index (χ4v) is 7.12. The van der Waals surface area contributed by atoms with Crippen LogP contribution in [0.3, 0.4) is 0 Å². The van der Waals surface area contributed by atoms with Crippen LogP contribution in [0, 0.1) is 11.8 Å². The van der Waals surface area contributed by atoms with Gasteiger partial charge >= 0.3 is 11.9 Å². The summed E-state index contributed by atoms with van der Waals surface area (Å²) < 4.78 is 12.1. The van der Waals surface area contributed by atoms with Gasteiger partial charge in [-0.3, -0.25) is 19.3 Å². The molecule has 0 amide bonds. The van der Waals surface area contributed by atoms with Crippen molar-refractivity contribution in [3.63, 3.8) is 0 Å². The number of piperidine rings is 2. The van der Waals surface area contributed by atoms with Crippen LogP contribution in [-0.4, -0.2) is 70.6 Å². The number of ether oxygens (including phenoxy) is 2. The van der Waals surface area contributed by atoms with Crippen molar-refractivity contribution in [1.82, 2.24) is 10.1 Å². The lowest BCUT2D eigenvalue weighted by molar-refractivity contribution is -0.288. The number of nitrogens with zero attached hydrogens (tertiary/aromatic N) is 2. The Balaban J connectivity index is 1.86. The molecule has 0 aliphatic carbocycles. The zero-order chi connectivity index (χ0) is 34.3. The topological polar surface area (TPSA) is 77.5 Å². The molecule has 2 fully saturated rings. The molecular formula is C38H72N2O6. The lowest BCUT2D eigenvalue weighted by Crippen LogP contribution is -2.63. The average molecular weight is 653 g/mol. The van der Waals surface area contributed by atoms with E-state index in [1.54, 1.807) is 0 Å². The first-order valence-electron chi connectivity index (χ1n) is 19.0. The van der Waals surface area contributed by atoms with Crippen LogP contribution in [0.25, 0.3) is 0 Å². The molecule has 2 rings (SSSR count). The Labute approximate surface area is 282 Å². The Hall–Kier alpha value is -1.22. The molecule has 0 aromatic heterocycles. The van der Waals surface area contributed by atoms with Crippen molar-refractivity contribution in [3.8, 4) is 0 Å². The first-order chi connectivity index (χ1) is 21.8. The molecule has 6 unspecified atom stereocenters. The highest BCUT2D eigenvalue weighted by Crippen LogP contribution is 2.39. The van der Waals surface area contributed by atoms with Crippen molar-refractivity contribution >= 4 is 11.9 Å². The molecule has 0 spiro atoms. The molecule has 8 nitrogen and oxygen atoms in total. The molecule has 46 heavy (non-hydrogen) atoms. The van der Waals surface area contributed by atoms with Gasteiger partial charge in [0.1, 0.15) is 12.2 Å². The maximum Gasteiger partial charge on any atom is 0.306 e. The van der Waals surface area contributed by atoms with Crippen molar-refractivity contribution in [2.45, 2.75) is 207 Å². The lowest BCUT2D eigenvalue weighted by atomic mass is 9.80. The highest BCUT2D eigenvalue weighted by Gasteiger charge is 2.49. The lowest BCUT2D eigenvalue weighted by Gasteiger charge is -2.52. The van der Waals surface area contributed by atoms with E-state index in [9.17, 15) is 9.59 Å². The minimum atomic E-state index is -0.470. The summed E-state index contributed by atoms with van der Waals surface area (Å²) >= 11 is 0. The van der Waals surface area contributed by atoms with E-state index < -0.39 is 11.1 Å². The monoisotopic (exact) mass is 653 g/mol. The van der Waals surface area contributed by atoms with Crippen LogP contribution < -0.4 is 0 Å². The third-order valence-electron chi connectivity index (χ3n) is 10.8. The smallest absolute Gasteiger partial charge is 0.306 e. The summed E-state index contributed by atoms with van der Waals surface area (Å²) in [4.78, 5) is 38.8. The number of hydrogen-bond donors (Lipinski definition) is 0. The zero-order valence-corrected chi connectivity index (χ0v) is 31.5. The third-order valence-corrected chi connectivity index (χ3v) is 10.8. The summed E-state index contributed by atoms with van der Waals surface area (Å²) in [5, 5.41) is 4.13. The van der Waals surface area contributed by atoms with E-state index in [2.05, 4.69) is 79.4 Å². The quantitative estimate of drug-likeness (QED) is 0.0897. The molecule has 2 aliphatic rings. The second-order valence-corrected chi connectivity index (χ2v) is 15.5. The summed E-state index contributed by atoms with van der Waals surface area (Å²) in [5.74, 6) is -0.100. The van der Waals surface area contributed by atoms with Crippen molar-refractivity contribution < 1.29 is 28.7 Å². The summed E-state index contributed by atoms with van der Waals surface area (Å²) in [6.07, 6.45) is 15.5. The molecule has 0 saturated carbocycles. The van der Waals surface area contributed by atoms with Gasteiger partial charge in [0.15, 0.2) is 0 Å². The van der Waals surface area contributed by atoms with Crippen molar-refractivity contribution in [1.29, 1.82) is 0 Å². The SMILES string of the molecule is CCCCCCCCON1C(C)C(C)CC(OC(=O)CCC(=O)OC2CC(C)C(C)N(OCCCCCCCC)C2(C)C)C1(C)C. The van der Waals surface area contributed by atoms with Crippen LogP contribution in [0.5, 0.6) is 0 Å². The van der Waals surface area contributed by atoms with Crippen molar-refractivity contribution in [3.05, 3.63) is 0 Å². The number of carbonyl (C=O) groups is 2. The molecule has 0 bridgehead atoms. The Morgan fingerprint density at radius 1 is 0.565 bits per heavy atom. The van der Waals surface area contributed by atoms with Gasteiger partial charge in [-0.2, -0.15) is 10.1 Å². The maximum atomic E-state index is 13.1. The van der Waals surface area contributed by atoms with Gasteiger partial charge in [-0.25, -0.2) is 0 Å². The summed E-state index contributed by atoms with van der Waals surface area (Å²) in [7, 11) is 0. The first kappa shape index (κ1) is 41.0. The van der Waals surface area contributed by atoms with E-state index >= 15 is 0 Å². The van der Waals surface area contributed by atoms with Crippen LogP contribution in [0.4, 0.5) is 0 Å². The summed E-state index contributed by atoms with van der Waals surface area (Å²) in [6, 6.07) is 0.441. The van der Waals surface area contributed by atoms with E-state index in [0.29, 0.717) is 25.0 Å². The molecule has 270 valence electrons. The van der Waals surface area contributed by atoms with Crippen molar-refractivity contribution in [2.24, 2.45) is 11.8 Å². The molecule has 6 atom stereocenters. The zero-order valence-electron chi connectivity index (χ0n) is 31.5. The molecule has 2 saturated heterocycles. The molecule has 0 radical (unpaired) electrons. The minimum Gasteiger partial charge on any atom is -0.460 e. The van der Waals surface area contributed by atoms with Crippen LogP contribution in [0.2, 0.25) is 0 Å². The maximum absolute atomic E-state index is 13.1. The van der Waals surface area contributed by atoms with Gasteiger partial charge in [-0.1, -0.05) is 91.9 Å². The predicted octanol–water partition coefficient (Wildman–Crippen LogP) is 9.19. The number of carbonyl (C=O) groups excluding carboxylic acids is 2. The largest absolute Gasteiger partial charge is 0.460 e. The summed E-state index contributed by atoms with van der Waals surface area (Å²) in [6.45, 7) is 23.0. The average Bonchev–Trinajstić information content (AvgIpc) is 2.99. The second-order valence-electron chi connectivity index (χ2n) is 15.5. The fourth-order valence-electron chi connectivity index (χ4n) is 7.12. The predicted molar refractivity (Wildman–Crippen MR) is 186 cm³/mol. The minimum absolute atomic E-state index is 0.00527. The third kappa shape index (κ3) is 12.3. The fraction of sp³-hybridized carbons (Fsp3) is 0.947. The van der Waals surface area contributed by atoms with Gasteiger partial charge in [0.05, 0.1) is 37.1 Å². The Morgan fingerprint density at radius 2 is 0.891 bits per heavy atom. The molecule has 0 aromatic rings. The normalized spacial score (nSPS) is 28.2. The van der Waals surface area contributed by atoms with Crippen LogP contribution in [0.15, 0.2) is 0 Å². The van der Waals surface area contributed by atoms with E-state index in [0.717, 1.165) is 25.7 Å². The van der Waals surface area contributed by atoms with E-state index in [1.807, 2.05) is 0 Å². The van der Waals surface area contributed by atoms with E-state index in [4.69, 9.17) is 19.1 Å². The van der Waals surface area contributed by atoms with Gasteiger partial charge in [-0.15, -0.1) is 0 Å².